The number of nitro groups is 1. The molecule has 0 saturated carbocycles. The van der Waals surface area contributed by atoms with E-state index < -0.39 is 16.9 Å². The Morgan fingerprint density at radius 2 is 1.78 bits per heavy atom. The quantitative estimate of drug-likeness (QED) is 0.529. The normalized spacial score (nSPS) is 16.6. The van der Waals surface area contributed by atoms with Crippen LogP contribution in [0.15, 0.2) is 54.6 Å². The van der Waals surface area contributed by atoms with E-state index in [2.05, 4.69) is 5.32 Å². The average molecular weight is 311 g/mol. The van der Waals surface area contributed by atoms with Gasteiger partial charge in [-0.1, -0.05) is 18.2 Å². The van der Waals surface area contributed by atoms with E-state index in [1.165, 1.54) is 24.3 Å². The Bertz CT molecular complexity index is 759. The molecule has 2 amide bonds. The number of carbonyl (C=O) groups is 2. The van der Waals surface area contributed by atoms with Crippen molar-refractivity contribution < 1.29 is 14.5 Å². The van der Waals surface area contributed by atoms with Gasteiger partial charge in [-0.2, -0.15) is 0 Å². The third-order valence-corrected chi connectivity index (χ3v) is 3.64. The van der Waals surface area contributed by atoms with Crippen molar-refractivity contribution in [2.24, 2.45) is 0 Å². The Morgan fingerprint density at radius 3 is 2.35 bits per heavy atom. The van der Waals surface area contributed by atoms with Gasteiger partial charge in [-0.3, -0.25) is 19.7 Å². The SMILES string of the molecule is O=C(N[C@@H]1CN(c2ccccc2)C1=O)c1ccc([N+](=O)[O-])cc1. The fourth-order valence-corrected chi connectivity index (χ4v) is 2.35. The van der Waals surface area contributed by atoms with Crippen molar-refractivity contribution in [1.82, 2.24) is 5.32 Å². The summed E-state index contributed by atoms with van der Waals surface area (Å²) in [6.07, 6.45) is 0. The van der Waals surface area contributed by atoms with Crippen LogP contribution in [0, 0.1) is 10.1 Å². The molecule has 2 aromatic rings. The van der Waals surface area contributed by atoms with E-state index in [4.69, 9.17) is 0 Å². The average Bonchev–Trinajstić information content (AvgIpc) is 2.58. The van der Waals surface area contributed by atoms with Crippen molar-refractivity contribution in [3.05, 3.63) is 70.3 Å². The van der Waals surface area contributed by atoms with Gasteiger partial charge in [-0.05, 0) is 24.3 Å². The Morgan fingerprint density at radius 1 is 1.13 bits per heavy atom. The molecule has 0 radical (unpaired) electrons. The lowest BCUT2D eigenvalue weighted by Crippen LogP contribution is -2.64. The van der Waals surface area contributed by atoms with Crippen LogP contribution in [0.5, 0.6) is 0 Å². The van der Waals surface area contributed by atoms with Gasteiger partial charge < -0.3 is 10.2 Å². The number of amides is 2. The maximum Gasteiger partial charge on any atom is 0.269 e. The number of hydrogen-bond acceptors (Lipinski definition) is 4. The molecule has 1 aliphatic heterocycles. The molecule has 1 N–H and O–H groups in total. The highest BCUT2D eigenvalue weighted by atomic mass is 16.6. The number of nitrogens with one attached hydrogen (secondary N) is 1. The van der Waals surface area contributed by atoms with E-state index in [-0.39, 0.29) is 17.2 Å². The van der Waals surface area contributed by atoms with Gasteiger partial charge in [0.2, 0.25) is 0 Å². The predicted octanol–water partition coefficient (Wildman–Crippen LogP) is 1.74. The second-order valence-corrected chi connectivity index (χ2v) is 5.11. The molecule has 0 bridgehead atoms. The molecule has 0 unspecified atom stereocenters. The maximum atomic E-state index is 12.1. The third kappa shape index (κ3) is 2.89. The third-order valence-electron chi connectivity index (χ3n) is 3.64. The summed E-state index contributed by atoms with van der Waals surface area (Å²) in [5.41, 5.74) is 0.983. The minimum Gasteiger partial charge on any atom is -0.339 e. The van der Waals surface area contributed by atoms with Crippen LogP contribution in [0.1, 0.15) is 10.4 Å². The number of non-ortho nitro benzene ring substituents is 1. The topological polar surface area (TPSA) is 92.6 Å². The first-order valence-electron chi connectivity index (χ1n) is 6.98. The Balaban J connectivity index is 1.61. The van der Waals surface area contributed by atoms with Gasteiger partial charge in [0.15, 0.2) is 0 Å². The van der Waals surface area contributed by atoms with Crippen molar-refractivity contribution in [3.8, 4) is 0 Å². The highest BCUT2D eigenvalue weighted by Gasteiger charge is 2.38. The van der Waals surface area contributed by atoms with Crippen LogP contribution in [-0.2, 0) is 4.79 Å². The molecule has 1 aliphatic rings. The number of rotatable bonds is 4. The number of para-hydroxylation sites is 1. The molecule has 0 aliphatic carbocycles. The van der Waals surface area contributed by atoms with Crippen molar-refractivity contribution in [1.29, 1.82) is 0 Å². The minimum atomic E-state index is -0.571. The van der Waals surface area contributed by atoms with Gasteiger partial charge in [0.05, 0.1) is 11.5 Å². The molecule has 1 saturated heterocycles. The van der Waals surface area contributed by atoms with E-state index in [1.807, 2.05) is 30.3 Å². The molecule has 1 atom stereocenters. The fourth-order valence-electron chi connectivity index (χ4n) is 2.35. The smallest absolute Gasteiger partial charge is 0.269 e. The zero-order chi connectivity index (χ0) is 16.4. The summed E-state index contributed by atoms with van der Waals surface area (Å²) >= 11 is 0. The highest BCUT2D eigenvalue weighted by molar-refractivity contribution is 6.07. The number of nitro benzene ring substituents is 1. The van der Waals surface area contributed by atoms with Gasteiger partial charge in [0.25, 0.3) is 17.5 Å². The summed E-state index contributed by atoms with van der Waals surface area (Å²) in [5, 5.41) is 13.2. The lowest BCUT2D eigenvalue weighted by atomic mass is 10.1. The van der Waals surface area contributed by atoms with Crippen molar-refractivity contribution in [3.63, 3.8) is 0 Å². The number of anilines is 1. The molecule has 0 spiro atoms. The number of hydrogen-bond donors (Lipinski definition) is 1. The molecule has 0 aromatic heterocycles. The largest absolute Gasteiger partial charge is 0.339 e. The van der Waals surface area contributed by atoms with Gasteiger partial charge >= 0.3 is 0 Å². The summed E-state index contributed by atoms with van der Waals surface area (Å²) in [6, 6.07) is 13.9. The Labute approximate surface area is 131 Å². The predicted molar refractivity (Wildman–Crippen MR) is 83.1 cm³/mol. The molecular formula is C16H13N3O4. The number of carbonyl (C=O) groups excluding carboxylic acids is 2. The van der Waals surface area contributed by atoms with E-state index >= 15 is 0 Å². The van der Waals surface area contributed by atoms with Crippen molar-refractivity contribution >= 4 is 23.2 Å². The van der Waals surface area contributed by atoms with Crippen LogP contribution in [0.4, 0.5) is 11.4 Å². The van der Waals surface area contributed by atoms with Crippen LogP contribution in [0.25, 0.3) is 0 Å². The first kappa shape index (κ1) is 14.7. The zero-order valence-electron chi connectivity index (χ0n) is 12.0. The maximum absolute atomic E-state index is 12.1. The summed E-state index contributed by atoms with van der Waals surface area (Å²) < 4.78 is 0. The first-order valence-corrected chi connectivity index (χ1v) is 6.98. The second kappa shape index (κ2) is 5.88. The number of benzene rings is 2. The lowest BCUT2D eigenvalue weighted by Gasteiger charge is -2.38. The monoisotopic (exact) mass is 311 g/mol. The molecule has 2 aromatic carbocycles. The van der Waals surface area contributed by atoms with Gasteiger partial charge in [-0.15, -0.1) is 0 Å². The van der Waals surface area contributed by atoms with Crippen LogP contribution < -0.4 is 10.2 Å². The molecule has 116 valence electrons. The van der Waals surface area contributed by atoms with Crippen LogP contribution in [-0.4, -0.2) is 29.3 Å². The fraction of sp³-hybridized carbons (Fsp3) is 0.125. The Hall–Kier alpha value is -3.22. The second-order valence-electron chi connectivity index (χ2n) is 5.11. The summed E-state index contributed by atoms with van der Waals surface area (Å²) in [7, 11) is 0. The van der Waals surface area contributed by atoms with Crippen LogP contribution in [0.2, 0.25) is 0 Å². The van der Waals surface area contributed by atoms with Crippen molar-refractivity contribution in [2.75, 3.05) is 11.4 Å². The molecule has 23 heavy (non-hydrogen) atoms. The lowest BCUT2D eigenvalue weighted by molar-refractivity contribution is -0.384. The van der Waals surface area contributed by atoms with E-state index in [9.17, 15) is 19.7 Å². The zero-order valence-corrected chi connectivity index (χ0v) is 12.0. The van der Waals surface area contributed by atoms with Crippen LogP contribution >= 0.6 is 0 Å². The molecule has 1 fully saturated rings. The van der Waals surface area contributed by atoms with Crippen LogP contribution in [0.3, 0.4) is 0 Å². The van der Waals surface area contributed by atoms with Gasteiger partial charge in [0.1, 0.15) is 6.04 Å². The molecule has 7 nitrogen and oxygen atoms in total. The Kier molecular flexibility index (Phi) is 3.76. The van der Waals surface area contributed by atoms with Crippen molar-refractivity contribution in [2.45, 2.75) is 6.04 Å². The summed E-state index contributed by atoms with van der Waals surface area (Å²) in [5.74, 6) is -0.600. The standard InChI is InChI=1S/C16H13N3O4/c20-15(11-6-8-13(9-7-11)19(22)23)17-14-10-18(16(14)21)12-4-2-1-3-5-12/h1-9,14H,10H2,(H,17,20)/t14-/m1/s1. The minimum absolute atomic E-state index is 0.0866. The number of nitrogens with zero attached hydrogens (tertiary/aromatic N) is 2. The molecular weight excluding hydrogens is 298 g/mol. The number of β-lactam (4-membered cyclic amide) rings is 1. The first-order chi connectivity index (χ1) is 11.1. The summed E-state index contributed by atoms with van der Waals surface area (Å²) in [4.78, 5) is 35.8. The van der Waals surface area contributed by atoms with E-state index in [0.717, 1.165) is 5.69 Å². The molecule has 1 heterocycles. The van der Waals surface area contributed by atoms with E-state index in [1.54, 1.807) is 4.90 Å². The van der Waals surface area contributed by atoms with E-state index in [0.29, 0.717) is 6.54 Å². The molecule has 7 heteroatoms. The highest BCUT2D eigenvalue weighted by Crippen LogP contribution is 2.22. The van der Waals surface area contributed by atoms with Gasteiger partial charge in [0, 0.05) is 23.4 Å². The summed E-state index contributed by atoms with van der Waals surface area (Å²) in [6.45, 7) is 0.404. The van der Waals surface area contributed by atoms with Gasteiger partial charge in [-0.25, -0.2) is 0 Å². The molecule has 3 rings (SSSR count).